The van der Waals surface area contributed by atoms with Crippen molar-refractivity contribution in [3.05, 3.63) is 18.6 Å². The first-order valence-corrected chi connectivity index (χ1v) is 5.94. The Hall–Kier alpha value is -1.12. The second kappa shape index (κ2) is 3.80. The summed E-state index contributed by atoms with van der Waals surface area (Å²) in [5.74, 6) is 2.90. The number of aromatic nitrogens is 2. The van der Waals surface area contributed by atoms with E-state index >= 15 is 0 Å². The van der Waals surface area contributed by atoms with E-state index in [4.69, 9.17) is 0 Å². The van der Waals surface area contributed by atoms with E-state index in [-0.39, 0.29) is 0 Å². The van der Waals surface area contributed by atoms with Gasteiger partial charge in [0.1, 0.15) is 5.82 Å². The summed E-state index contributed by atoms with van der Waals surface area (Å²) in [4.78, 5) is 8.34. The molecule has 1 heterocycles. The molecule has 2 atom stereocenters. The highest BCUT2D eigenvalue weighted by Gasteiger charge is 2.37. The third kappa shape index (κ3) is 1.83. The molecule has 0 aromatic carbocycles. The lowest BCUT2D eigenvalue weighted by atomic mass is 10.0. The minimum absolute atomic E-state index is 0.636. The van der Waals surface area contributed by atoms with Gasteiger partial charge in [0.05, 0.1) is 6.20 Å². The van der Waals surface area contributed by atoms with E-state index in [9.17, 15) is 0 Å². The molecule has 0 amide bonds. The zero-order chi connectivity index (χ0) is 10.1. The molecule has 2 fully saturated rings. The Morgan fingerprint density at radius 3 is 2.60 bits per heavy atom. The van der Waals surface area contributed by atoms with E-state index in [0.29, 0.717) is 6.04 Å². The Morgan fingerprint density at radius 2 is 1.93 bits per heavy atom. The monoisotopic (exact) mass is 203 g/mol. The maximum Gasteiger partial charge on any atom is 0.144 e. The quantitative estimate of drug-likeness (QED) is 0.802. The van der Waals surface area contributed by atoms with Gasteiger partial charge in [0.25, 0.3) is 0 Å². The predicted molar refractivity (Wildman–Crippen MR) is 59.5 cm³/mol. The third-order valence-corrected chi connectivity index (χ3v) is 3.91. The number of hydrogen-bond acceptors (Lipinski definition) is 3. The Kier molecular flexibility index (Phi) is 2.31. The molecule has 0 radical (unpaired) electrons. The fraction of sp³-hybridized carbons (Fsp3) is 0.667. The van der Waals surface area contributed by atoms with Crippen LogP contribution in [-0.2, 0) is 0 Å². The summed E-state index contributed by atoms with van der Waals surface area (Å²) < 4.78 is 0. The van der Waals surface area contributed by atoms with E-state index < -0.39 is 0 Å². The zero-order valence-corrected chi connectivity index (χ0v) is 8.89. The van der Waals surface area contributed by atoms with Crippen molar-refractivity contribution in [3.63, 3.8) is 0 Å². The van der Waals surface area contributed by atoms with E-state index in [1.807, 2.05) is 6.20 Å². The molecule has 0 spiro atoms. The van der Waals surface area contributed by atoms with E-state index in [1.54, 1.807) is 12.4 Å². The van der Waals surface area contributed by atoms with Gasteiger partial charge in [-0.05, 0) is 24.7 Å². The van der Waals surface area contributed by atoms with Crippen molar-refractivity contribution in [2.45, 2.75) is 38.1 Å². The SMILES string of the molecule is c1cnc(NC2CC3CCCC3C2)cn1. The molecule has 3 rings (SSSR count). The van der Waals surface area contributed by atoms with Crippen LogP contribution in [0.15, 0.2) is 18.6 Å². The van der Waals surface area contributed by atoms with Gasteiger partial charge >= 0.3 is 0 Å². The molecule has 1 aromatic heterocycles. The highest BCUT2D eigenvalue weighted by Crippen LogP contribution is 2.44. The fourth-order valence-corrected chi connectivity index (χ4v) is 3.26. The van der Waals surface area contributed by atoms with Crippen molar-refractivity contribution in [1.82, 2.24) is 9.97 Å². The highest BCUT2D eigenvalue weighted by molar-refractivity contribution is 5.32. The predicted octanol–water partition coefficient (Wildman–Crippen LogP) is 2.47. The number of nitrogens with one attached hydrogen (secondary N) is 1. The molecular weight excluding hydrogens is 186 g/mol. The van der Waals surface area contributed by atoms with Gasteiger partial charge in [-0.2, -0.15) is 0 Å². The first-order valence-electron chi connectivity index (χ1n) is 5.94. The maximum absolute atomic E-state index is 4.26. The van der Waals surface area contributed by atoms with Crippen LogP contribution in [-0.4, -0.2) is 16.0 Å². The second-order valence-corrected chi connectivity index (χ2v) is 4.85. The van der Waals surface area contributed by atoms with Gasteiger partial charge in [0, 0.05) is 18.4 Å². The van der Waals surface area contributed by atoms with Crippen LogP contribution >= 0.6 is 0 Å². The lowest BCUT2D eigenvalue weighted by molar-refractivity contribution is 0.457. The molecule has 3 nitrogen and oxygen atoms in total. The summed E-state index contributed by atoms with van der Waals surface area (Å²) >= 11 is 0. The molecule has 1 aromatic rings. The second-order valence-electron chi connectivity index (χ2n) is 4.85. The smallest absolute Gasteiger partial charge is 0.144 e. The van der Waals surface area contributed by atoms with Gasteiger partial charge in [-0.15, -0.1) is 0 Å². The number of rotatable bonds is 2. The summed E-state index contributed by atoms with van der Waals surface area (Å²) in [7, 11) is 0. The van der Waals surface area contributed by atoms with Gasteiger partial charge in [-0.3, -0.25) is 4.98 Å². The Labute approximate surface area is 90.3 Å². The molecule has 2 unspecified atom stereocenters. The molecule has 2 saturated carbocycles. The first-order chi connectivity index (χ1) is 7.42. The number of anilines is 1. The van der Waals surface area contributed by atoms with Crippen molar-refractivity contribution in [1.29, 1.82) is 0 Å². The van der Waals surface area contributed by atoms with Crippen LogP contribution in [0.3, 0.4) is 0 Å². The lowest BCUT2D eigenvalue weighted by Gasteiger charge is -2.13. The molecule has 1 N–H and O–H groups in total. The summed E-state index contributed by atoms with van der Waals surface area (Å²) in [5, 5.41) is 3.50. The van der Waals surface area contributed by atoms with Gasteiger partial charge in [0.2, 0.25) is 0 Å². The van der Waals surface area contributed by atoms with Crippen LogP contribution in [0.4, 0.5) is 5.82 Å². The van der Waals surface area contributed by atoms with Gasteiger partial charge in [0.15, 0.2) is 0 Å². The van der Waals surface area contributed by atoms with Gasteiger partial charge in [-0.25, -0.2) is 4.98 Å². The largest absolute Gasteiger partial charge is 0.366 e. The lowest BCUT2D eigenvalue weighted by Crippen LogP contribution is -2.17. The summed E-state index contributed by atoms with van der Waals surface area (Å²) in [6.07, 6.45) is 12.3. The van der Waals surface area contributed by atoms with E-state index in [2.05, 4.69) is 15.3 Å². The third-order valence-electron chi connectivity index (χ3n) is 3.91. The maximum atomic E-state index is 4.26. The van der Waals surface area contributed by atoms with Gasteiger partial charge in [-0.1, -0.05) is 19.3 Å². The molecule has 15 heavy (non-hydrogen) atoms. The molecule has 0 aliphatic heterocycles. The average Bonchev–Trinajstić information content (AvgIpc) is 2.79. The molecule has 0 bridgehead atoms. The fourth-order valence-electron chi connectivity index (χ4n) is 3.26. The van der Waals surface area contributed by atoms with Crippen molar-refractivity contribution in [2.75, 3.05) is 5.32 Å². The number of fused-ring (bicyclic) bond motifs is 1. The molecule has 2 aliphatic rings. The normalized spacial score (nSPS) is 34.0. The summed E-state index contributed by atoms with van der Waals surface area (Å²) in [6.45, 7) is 0. The summed E-state index contributed by atoms with van der Waals surface area (Å²) in [5.41, 5.74) is 0. The summed E-state index contributed by atoms with van der Waals surface area (Å²) in [6, 6.07) is 0.636. The van der Waals surface area contributed by atoms with Crippen LogP contribution in [0.1, 0.15) is 32.1 Å². The van der Waals surface area contributed by atoms with Crippen molar-refractivity contribution < 1.29 is 0 Å². The molecule has 2 aliphatic carbocycles. The minimum atomic E-state index is 0.636. The standard InChI is InChI=1S/C12H17N3/c1-2-9-6-11(7-10(9)3-1)15-12-8-13-4-5-14-12/h4-5,8-11H,1-3,6-7H2,(H,14,15). The van der Waals surface area contributed by atoms with Crippen LogP contribution < -0.4 is 5.32 Å². The van der Waals surface area contributed by atoms with Crippen molar-refractivity contribution in [3.8, 4) is 0 Å². The van der Waals surface area contributed by atoms with Gasteiger partial charge < -0.3 is 5.32 Å². The molecule has 0 saturated heterocycles. The molecule has 3 heteroatoms. The number of nitrogens with zero attached hydrogens (tertiary/aromatic N) is 2. The van der Waals surface area contributed by atoms with Crippen LogP contribution in [0, 0.1) is 11.8 Å². The Morgan fingerprint density at radius 1 is 1.13 bits per heavy atom. The van der Waals surface area contributed by atoms with E-state index in [0.717, 1.165) is 17.7 Å². The highest BCUT2D eigenvalue weighted by atomic mass is 15.0. The van der Waals surface area contributed by atoms with Crippen LogP contribution in [0.5, 0.6) is 0 Å². The first kappa shape index (κ1) is 9.13. The van der Waals surface area contributed by atoms with Crippen LogP contribution in [0.25, 0.3) is 0 Å². The number of hydrogen-bond donors (Lipinski definition) is 1. The molecular formula is C12H17N3. The topological polar surface area (TPSA) is 37.8 Å². The Bertz CT molecular complexity index is 313. The Balaban J connectivity index is 1.62. The van der Waals surface area contributed by atoms with Crippen molar-refractivity contribution >= 4 is 5.82 Å². The average molecular weight is 203 g/mol. The van der Waals surface area contributed by atoms with Crippen molar-refractivity contribution in [2.24, 2.45) is 11.8 Å². The van der Waals surface area contributed by atoms with Crippen LogP contribution in [0.2, 0.25) is 0 Å². The minimum Gasteiger partial charge on any atom is -0.366 e. The van der Waals surface area contributed by atoms with E-state index in [1.165, 1.54) is 32.1 Å². The zero-order valence-electron chi connectivity index (χ0n) is 8.89. The molecule has 80 valence electrons.